The summed E-state index contributed by atoms with van der Waals surface area (Å²) in [5, 5.41) is 20.9. The molecule has 1 aromatic rings. The van der Waals surface area contributed by atoms with Crippen molar-refractivity contribution in [2.24, 2.45) is 0 Å². The average molecular weight is 278 g/mol. The predicted molar refractivity (Wildman–Crippen MR) is 74.0 cm³/mol. The fourth-order valence-electron chi connectivity index (χ4n) is 2.42. The summed E-state index contributed by atoms with van der Waals surface area (Å²) in [5.41, 5.74) is 1.47. The second-order valence-electron chi connectivity index (χ2n) is 4.94. The number of likely N-dealkylation sites (tertiary alicyclic amines) is 1. The van der Waals surface area contributed by atoms with Gasteiger partial charge in [0.1, 0.15) is 0 Å². The maximum atomic E-state index is 12.1. The van der Waals surface area contributed by atoms with Gasteiger partial charge in [-0.1, -0.05) is 0 Å². The van der Waals surface area contributed by atoms with Crippen LogP contribution in [0.5, 0.6) is 0 Å². The number of aliphatic hydroxyl groups excluding tert-OH is 1. The summed E-state index contributed by atoms with van der Waals surface area (Å²) in [7, 11) is 0. The third-order valence-corrected chi connectivity index (χ3v) is 3.56. The molecule has 1 aliphatic heterocycles. The number of rotatable bonds is 3. The number of carbonyl (C=O) groups is 2. The number of aryl methyl sites for hydroxylation is 1. The number of carboxylic acid groups (broad SMARTS) is 1. The molecule has 20 heavy (non-hydrogen) atoms. The fourth-order valence-corrected chi connectivity index (χ4v) is 2.42. The van der Waals surface area contributed by atoms with Crippen molar-refractivity contribution < 1.29 is 19.8 Å². The summed E-state index contributed by atoms with van der Waals surface area (Å²) in [6.07, 6.45) is 1.69. The lowest BCUT2D eigenvalue weighted by Gasteiger charge is -2.23. The summed E-state index contributed by atoms with van der Waals surface area (Å²) < 4.78 is 0. The van der Waals surface area contributed by atoms with Crippen LogP contribution in [0.25, 0.3) is 0 Å². The Morgan fingerprint density at radius 3 is 2.80 bits per heavy atom. The highest BCUT2D eigenvalue weighted by molar-refractivity contribution is 5.93. The molecule has 0 saturated carbocycles. The van der Waals surface area contributed by atoms with E-state index in [2.05, 4.69) is 5.32 Å². The van der Waals surface area contributed by atoms with Crippen molar-refractivity contribution in [3.05, 3.63) is 29.3 Å². The highest BCUT2D eigenvalue weighted by atomic mass is 16.4. The summed E-state index contributed by atoms with van der Waals surface area (Å²) >= 11 is 0. The number of carbonyl (C=O) groups excluding carboxylic acids is 1. The molecule has 1 saturated heterocycles. The van der Waals surface area contributed by atoms with Crippen LogP contribution in [0, 0.1) is 6.92 Å². The van der Waals surface area contributed by atoms with Gasteiger partial charge in [0.2, 0.25) is 0 Å². The van der Waals surface area contributed by atoms with Crippen LogP contribution < -0.4 is 5.32 Å². The van der Waals surface area contributed by atoms with E-state index in [-0.39, 0.29) is 24.2 Å². The summed E-state index contributed by atoms with van der Waals surface area (Å²) in [4.78, 5) is 24.6. The first-order valence-electron chi connectivity index (χ1n) is 6.55. The van der Waals surface area contributed by atoms with Crippen molar-refractivity contribution >= 4 is 17.7 Å². The normalized spacial score (nSPS) is 18.1. The van der Waals surface area contributed by atoms with Crippen molar-refractivity contribution in [1.82, 2.24) is 4.90 Å². The molecule has 0 aliphatic carbocycles. The molecule has 1 atom stereocenters. The van der Waals surface area contributed by atoms with Crippen LogP contribution in [0.1, 0.15) is 28.8 Å². The first-order chi connectivity index (χ1) is 9.52. The van der Waals surface area contributed by atoms with Crippen LogP contribution in [-0.2, 0) is 0 Å². The Morgan fingerprint density at radius 2 is 2.20 bits per heavy atom. The van der Waals surface area contributed by atoms with Gasteiger partial charge in [0.25, 0.3) is 0 Å². The number of anilines is 1. The van der Waals surface area contributed by atoms with Gasteiger partial charge in [-0.15, -0.1) is 0 Å². The van der Waals surface area contributed by atoms with Crippen LogP contribution in [0.4, 0.5) is 10.5 Å². The molecule has 0 aromatic heterocycles. The van der Waals surface area contributed by atoms with Crippen molar-refractivity contribution in [1.29, 1.82) is 0 Å². The van der Waals surface area contributed by atoms with Crippen LogP contribution in [-0.4, -0.2) is 46.3 Å². The van der Waals surface area contributed by atoms with Gasteiger partial charge in [-0.3, -0.25) is 0 Å². The van der Waals surface area contributed by atoms with Crippen molar-refractivity contribution in [3.8, 4) is 0 Å². The molecular formula is C14H18N2O4. The molecule has 1 aliphatic rings. The molecule has 2 rings (SSSR count). The minimum absolute atomic E-state index is 0.0373. The minimum Gasteiger partial charge on any atom is -0.478 e. The molecule has 6 nitrogen and oxygen atoms in total. The minimum atomic E-state index is -0.995. The average Bonchev–Trinajstić information content (AvgIpc) is 2.89. The van der Waals surface area contributed by atoms with E-state index in [1.54, 1.807) is 17.9 Å². The van der Waals surface area contributed by atoms with Crippen molar-refractivity contribution in [3.63, 3.8) is 0 Å². The van der Waals surface area contributed by atoms with E-state index >= 15 is 0 Å². The van der Waals surface area contributed by atoms with E-state index < -0.39 is 5.97 Å². The van der Waals surface area contributed by atoms with Gasteiger partial charge in [-0.2, -0.15) is 0 Å². The van der Waals surface area contributed by atoms with E-state index in [1.165, 1.54) is 12.1 Å². The molecular weight excluding hydrogens is 260 g/mol. The second-order valence-corrected chi connectivity index (χ2v) is 4.94. The highest BCUT2D eigenvalue weighted by Gasteiger charge is 2.28. The van der Waals surface area contributed by atoms with Crippen molar-refractivity contribution in [2.45, 2.75) is 25.8 Å². The molecule has 1 fully saturated rings. The van der Waals surface area contributed by atoms with E-state index in [0.717, 1.165) is 12.8 Å². The molecule has 108 valence electrons. The van der Waals surface area contributed by atoms with Gasteiger partial charge >= 0.3 is 12.0 Å². The monoisotopic (exact) mass is 278 g/mol. The first kappa shape index (κ1) is 14.3. The van der Waals surface area contributed by atoms with Gasteiger partial charge < -0.3 is 20.4 Å². The van der Waals surface area contributed by atoms with Crippen LogP contribution in [0.15, 0.2) is 18.2 Å². The summed E-state index contributed by atoms with van der Waals surface area (Å²) in [6, 6.07) is 4.17. The molecule has 3 N–H and O–H groups in total. The first-order valence-corrected chi connectivity index (χ1v) is 6.55. The lowest BCUT2D eigenvalue weighted by Crippen LogP contribution is -2.40. The van der Waals surface area contributed by atoms with Crippen molar-refractivity contribution in [2.75, 3.05) is 18.5 Å². The van der Waals surface area contributed by atoms with Gasteiger partial charge in [-0.05, 0) is 43.5 Å². The largest absolute Gasteiger partial charge is 0.478 e. The van der Waals surface area contributed by atoms with E-state index in [0.29, 0.717) is 17.8 Å². The topological polar surface area (TPSA) is 89.9 Å². The third kappa shape index (κ3) is 2.91. The number of hydrogen-bond donors (Lipinski definition) is 3. The molecule has 0 spiro atoms. The highest BCUT2D eigenvalue weighted by Crippen LogP contribution is 2.21. The quantitative estimate of drug-likeness (QED) is 0.784. The number of nitrogens with zero attached hydrogens (tertiary/aromatic N) is 1. The molecule has 6 heteroatoms. The summed E-state index contributed by atoms with van der Waals surface area (Å²) in [6.45, 7) is 2.34. The van der Waals surface area contributed by atoms with Gasteiger partial charge in [0.05, 0.1) is 18.2 Å². The van der Waals surface area contributed by atoms with Crippen LogP contribution >= 0.6 is 0 Å². The Balaban J connectivity index is 2.10. The predicted octanol–water partition coefficient (Wildman–Crippen LogP) is 1.68. The number of urea groups is 1. The van der Waals surface area contributed by atoms with Gasteiger partial charge in [0, 0.05) is 12.2 Å². The van der Waals surface area contributed by atoms with E-state index in [1.807, 2.05) is 0 Å². The van der Waals surface area contributed by atoms with Crippen LogP contribution in [0.2, 0.25) is 0 Å². The van der Waals surface area contributed by atoms with Gasteiger partial charge in [-0.25, -0.2) is 9.59 Å². The standard InChI is InChI=1S/C14H18N2O4/c1-9-7-10(13(18)19)4-5-12(9)15-14(20)16-6-2-3-11(16)8-17/h4-5,7,11,17H,2-3,6,8H2,1H3,(H,15,20)(H,18,19). The number of benzene rings is 1. The Kier molecular flexibility index (Phi) is 4.24. The molecule has 0 bridgehead atoms. The van der Waals surface area contributed by atoms with E-state index in [4.69, 9.17) is 5.11 Å². The number of carboxylic acids is 1. The molecule has 1 aromatic carbocycles. The Labute approximate surface area is 117 Å². The zero-order valence-corrected chi connectivity index (χ0v) is 11.3. The summed E-state index contributed by atoms with van der Waals surface area (Å²) in [5.74, 6) is -0.995. The zero-order chi connectivity index (χ0) is 14.7. The Hall–Kier alpha value is -2.08. The SMILES string of the molecule is Cc1cc(C(=O)O)ccc1NC(=O)N1CCCC1CO. The number of aromatic carboxylic acids is 1. The zero-order valence-electron chi connectivity index (χ0n) is 11.3. The maximum absolute atomic E-state index is 12.1. The number of nitrogens with one attached hydrogen (secondary N) is 1. The number of hydrogen-bond acceptors (Lipinski definition) is 3. The second kappa shape index (κ2) is 5.92. The molecule has 1 unspecified atom stereocenters. The smallest absolute Gasteiger partial charge is 0.335 e. The van der Waals surface area contributed by atoms with Crippen LogP contribution in [0.3, 0.4) is 0 Å². The lowest BCUT2D eigenvalue weighted by atomic mass is 10.1. The fraction of sp³-hybridized carbons (Fsp3) is 0.429. The molecule has 1 heterocycles. The van der Waals surface area contributed by atoms with Gasteiger partial charge in [0.15, 0.2) is 0 Å². The maximum Gasteiger partial charge on any atom is 0.335 e. The number of amides is 2. The van der Waals surface area contributed by atoms with E-state index in [9.17, 15) is 14.7 Å². The molecule has 0 radical (unpaired) electrons. The third-order valence-electron chi connectivity index (χ3n) is 3.56. The lowest BCUT2D eigenvalue weighted by molar-refractivity contribution is 0.0697. The number of aliphatic hydroxyl groups is 1. The Bertz CT molecular complexity index is 530. The molecule has 2 amide bonds. The Morgan fingerprint density at radius 1 is 1.45 bits per heavy atom.